The van der Waals surface area contributed by atoms with Crippen molar-refractivity contribution in [2.45, 2.75) is 0 Å². The molecule has 5 nitrogen and oxygen atoms in total. The fraction of sp³-hybridized carbons (Fsp3) is 0. The maximum Gasteiger partial charge on any atom is 0.267 e. The van der Waals surface area contributed by atoms with Crippen molar-refractivity contribution in [2.75, 3.05) is 0 Å². The van der Waals surface area contributed by atoms with Crippen molar-refractivity contribution < 1.29 is 5.11 Å². The third-order valence-corrected chi connectivity index (χ3v) is 4.04. The van der Waals surface area contributed by atoms with Crippen molar-refractivity contribution in [3.63, 3.8) is 0 Å². The Kier molecular flexibility index (Phi) is 3.04. The number of fused-ring (bicyclic) bond motifs is 3. The molecular formula is C19H11N3O2. The van der Waals surface area contributed by atoms with Crippen LogP contribution in [0.4, 0.5) is 0 Å². The lowest BCUT2D eigenvalue weighted by atomic mass is 10.00. The molecule has 0 fully saturated rings. The van der Waals surface area contributed by atoms with E-state index in [0.29, 0.717) is 27.8 Å². The van der Waals surface area contributed by atoms with Crippen LogP contribution in [0.1, 0.15) is 5.56 Å². The Labute approximate surface area is 136 Å². The first-order valence-corrected chi connectivity index (χ1v) is 7.33. The van der Waals surface area contributed by atoms with Gasteiger partial charge in [0.15, 0.2) is 5.65 Å². The number of aromatic nitrogens is 2. The van der Waals surface area contributed by atoms with Gasteiger partial charge in [-0.05, 0) is 17.7 Å². The standard InChI is InChI=1S/C19H11N3O2/c20-10-13-17(12-6-2-1-3-7-12)14(11-23)19(24)22-16-9-5-4-8-15(16)21-18(13)22/h1-9,11,23H/b14-11+. The van der Waals surface area contributed by atoms with Gasteiger partial charge in [-0.3, -0.25) is 9.20 Å². The molecule has 2 aromatic heterocycles. The molecular weight excluding hydrogens is 302 g/mol. The minimum absolute atomic E-state index is 0.0772. The summed E-state index contributed by atoms with van der Waals surface area (Å²) in [5.74, 6) is 0. The van der Waals surface area contributed by atoms with Crippen LogP contribution in [-0.2, 0) is 0 Å². The van der Waals surface area contributed by atoms with Gasteiger partial charge in [0.2, 0.25) is 0 Å². The van der Waals surface area contributed by atoms with Gasteiger partial charge in [0, 0.05) is 5.56 Å². The highest BCUT2D eigenvalue weighted by Crippen LogP contribution is 2.24. The minimum atomic E-state index is -0.404. The van der Waals surface area contributed by atoms with Crippen LogP contribution < -0.4 is 10.8 Å². The molecule has 4 rings (SSSR count). The summed E-state index contributed by atoms with van der Waals surface area (Å²) < 4.78 is 1.38. The maximum absolute atomic E-state index is 12.9. The molecule has 5 heteroatoms. The van der Waals surface area contributed by atoms with E-state index >= 15 is 0 Å². The topological polar surface area (TPSA) is 78.4 Å². The van der Waals surface area contributed by atoms with E-state index in [1.165, 1.54) is 4.40 Å². The fourth-order valence-corrected chi connectivity index (χ4v) is 3.00. The van der Waals surface area contributed by atoms with Crippen LogP contribution in [0, 0.1) is 11.3 Å². The molecule has 0 aliphatic rings. The molecule has 2 aromatic carbocycles. The van der Waals surface area contributed by atoms with Gasteiger partial charge in [0.05, 0.1) is 22.5 Å². The molecule has 0 saturated carbocycles. The highest BCUT2D eigenvalue weighted by molar-refractivity contribution is 5.86. The van der Waals surface area contributed by atoms with Gasteiger partial charge in [-0.1, -0.05) is 42.5 Å². The Bertz CT molecular complexity index is 1240. The molecule has 4 aromatic rings. The monoisotopic (exact) mass is 313 g/mol. The Hall–Kier alpha value is -3.65. The van der Waals surface area contributed by atoms with Crippen LogP contribution in [0.15, 0.2) is 59.4 Å². The van der Waals surface area contributed by atoms with Crippen LogP contribution in [0.3, 0.4) is 0 Å². The van der Waals surface area contributed by atoms with Gasteiger partial charge < -0.3 is 5.11 Å². The third-order valence-electron chi connectivity index (χ3n) is 4.04. The molecule has 24 heavy (non-hydrogen) atoms. The summed E-state index contributed by atoms with van der Waals surface area (Å²) in [4.78, 5) is 17.4. The molecule has 0 radical (unpaired) electrons. The van der Waals surface area contributed by atoms with Crippen molar-refractivity contribution in [3.8, 4) is 17.2 Å². The van der Waals surface area contributed by atoms with Crippen molar-refractivity contribution in [1.82, 2.24) is 9.38 Å². The quantitative estimate of drug-likeness (QED) is 0.585. The lowest BCUT2D eigenvalue weighted by molar-refractivity contribution is 0.539. The first kappa shape index (κ1) is 14.0. The highest BCUT2D eigenvalue weighted by Gasteiger charge is 2.19. The number of benzene rings is 2. The molecule has 0 saturated heterocycles. The van der Waals surface area contributed by atoms with Crippen molar-refractivity contribution in [3.05, 3.63) is 75.7 Å². The van der Waals surface area contributed by atoms with E-state index < -0.39 is 5.56 Å². The van der Waals surface area contributed by atoms with E-state index in [2.05, 4.69) is 11.1 Å². The molecule has 0 spiro atoms. The van der Waals surface area contributed by atoms with Gasteiger partial charge in [-0.15, -0.1) is 0 Å². The summed E-state index contributed by atoms with van der Waals surface area (Å²) in [6.07, 6.45) is 0.764. The number of aliphatic hydroxyl groups is 1. The van der Waals surface area contributed by atoms with E-state index in [4.69, 9.17) is 0 Å². The second-order valence-electron chi connectivity index (χ2n) is 5.34. The predicted octanol–water partition coefficient (Wildman–Crippen LogP) is 2.40. The Morgan fingerprint density at radius 1 is 1.08 bits per heavy atom. The number of hydrogen-bond donors (Lipinski definition) is 1. The molecule has 0 aliphatic heterocycles. The van der Waals surface area contributed by atoms with Gasteiger partial charge in [0.25, 0.3) is 5.56 Å². The summed E-state index contributed by atoms with van der Waals surface area (Å²) in [6.45, 7) is 0. The van der Waals surface area contributed by atoms with Gasteiger partial charge >= 0.3 is 0 Å². The van der Waals surface area contributed by atoms with E-state index in [-0.39, 0.29) is 10.8 Å². The van der Waals surface area contributed by atoms with Crippen LogP contribution in [0.5, 0.6) is 0 Å². The second kappa shape index (κ2) is 5.21. The zero-order valence-corrected chi connectivity index (χ0v) is 12.5. The summed E-state index contributed by atoms with van der Waals surface area (Å²) in [5, 5.41) is 19.5. The van der Waals surface area contributed by atoms with Crippen LogP contribution in [0.2, 0.25) is 0 Å². The Morgan fingerprint density at radius 3 is 2.50 bits per heavy atom. The molecule has 1 N–H and O–H groups in total. The van der Waals surface area contributed by atoms with Gasteiger partial charge in [0.1, 0.15) is 11.6 Å². The average Bonchev–Trinajstić information content (AvgIpc) is 3.02. The van der Waals surface area contributed by atoms with Crippen molar-refractivity contribution in [2.24, 2.45) is 0 Å². The maximum atomic E-state index is 12.9. The summed E-state index contributed by atoms with van der Waals surface area (Å²) >= 11 is 0. The third kappa shape index (κ3) is 1.80. The molecule has 0 unspecified atom stereocenters. The Morgan fingerprint density at radius 2 is 1.79 bits per heavy atom. The first-order valence-electron chi connectivity index (χ1n) is 7.33. The molecule has 0 bridgehead atoms. The van der Waals surface area contributed by atoms with E-state index in [1.807, 2.05) is 24.3 Å². The molecule has 2 heterocycles. The zero-order valence-electron chi connectivity index (χ0n) is 12.5. The fourth-order valence-electron chi connectivity index (χ4n) is 3.00. The zero-order chi connectivity index (χ0) is 16.7. The van der Waals surface area contributed by atoms with Crippen molar-refractivity contribution >= 4 is 22.9 Å². The van der Waals surface area contributed by atoms with E-state index in [1.54, 1.807) is 30.3 Å². The average molecular weight is 313 g/mol. The lowest BCUT2D eigenvalue weighted by Crippen LogP contribution is -2.33. The molecule has 0 aliphatic carbocycles. The summed E-state index contributed by atoms with van der Waals surface area (Å²) in [5.41, 5.74) is 2.47. The van der Waals surface area contributed by atoms with E-state index in [9.17, 15) is 15.2 Å². The number of nitriles is 1. The van der Waals surface area contributed by atoms with Crippen LogP contribution >= 0.6 is 0 Å². The van der Waals surface area contributed by atoms with Crippen LogP contribution in [0.25, 0.3) is 34.1 Å². The highest BCUT2D eigenvalue weighted by atomic mass is 16.2. The second-order valence-corrected chi connectivity index (χ2v) is 5.34. The largest absolute Gasteiger partial charge is 0.515 e. The SMILES string of the molecule is N#Cc1c(-c2ccccc2)/c(=C\O)c(=O)n2c1nc1ccccc12. The normalized spacial score (nSPS) is 11.9. The number of imidazole rings is 1. The predicted molar refractivity (Wildman–Crippen MR) is 91.4 cm³/mol. The molecule has 0 amide bonds. The van der Waals surface area contributed by atoms with E-state index in [0.717, 1.165) is 6.26 Å². The Balaban J connectivity index is 2.33. The van der Waals surface area contributed by atoms with Gasteiger partial charge in [-0.25, -0.2) is 4.98 Å². The number of pyridine rings is 1. The number of rotatable bonds is 1. The van der Waals surface area contributed by atoms with Crippen molar-refractivity contribution in [1.29, 1.82) is 5.26 Å². The number of hydrogen-bond acceptors (Lipinski definition) is 4. The molecule has 114 valence electrons. The smallest absolute Gasteiger partial charge is 0.267 e. The number of aliphatic hydroxyl groups excluding tert-OH is 1. The first-order chi connectivity index (χ1) is 11.8. The summed E-state index contributed by atoms with van der Waals surface area (Å²) in [7, 11) is 0. The lowest BCUT2D eigenvalue weighted by Gasteiger charge is -2.07. The number of para-hydroxylation sites is 2. The minimum Gasteiger partial charge on any atom is -0.515 e. The van der Waals surface area contributed by atoms with Crippen LogP contribution in [-0.4, -0.2) is 14.5 Å². The van der Waals surface area contributed by atoms with Gasteiger partial charge in [-0.2, -0.15) is 5.26 Å². The molecule has 0 atom stereocenters. The number of nitrogens with zero attached hydrogens (tertiary/aromatic N) is 3. The summed E-state index contributed by atoms with van der Waals surface area (Å²) in [6, 6.07) is 18.4.